The normalized spacial score (nSPS) is 4.90. The zero-order valence-corrected chi connectivity index (χ0v) is 6.13. The third kappa shape index (κ3) is 79.7. The van der Waals surface area contributed by atoms with Crippen LogP contribution in [-0.4, -0.2) is 12.8 Å². The molecule has 0 aromatic rings. The van der Waals surface area contributed by atoms with E-state index in [-0.39, 0.29) is 5.97 Å². The van der Waals surface area contributed by atoms with E-state index in [0.717, 1.165) is 6.26 Å². The van der Waals surface area contributed by atoms with Crippen molar-refractivity contribution in [2.45, 2.75) is 6.92 Å². The van der Waals surface area contributed by atoms with Crippen LogP contribution in [0.2, 0.25) is 0 Å². The largest absolute Gasteiger partial charge is 0.435 e. The number of rotatable bonds is 1. The summed E-state index contributed by atoms with van der Waals surface area (Å²) in [5.74, 6) is -0.329. The Hall–Kier alpha value is -1.38. The number of esters is 1. The Labute approximate surface area is 61.0 Å². The second-order valence-electron chi connectivity index (χ2n) is 0.776. The van der Waals surface area contributed by atoms with Crippen molar-refractivity contribution < 1.29 is 14.3 Å². The summed E-state index contributed by atoms with van der Waals surface area (Å²) in [6.45, 7) is 12.5. The maximum absolute atomic E-state index is 9.75. The molecule has 0 aromatic heterocycles. The molecule has 0 fully saturated rings. The Morgan fingerprint density at radius 2 is 1.70 bits per heavy atom. The lowest BCUT2D eigenvalue weighted by molar-refractivity contribution is -0.135. The highest BCUT2D eigenvalue weighted by Crippen LogP contribution is 1.70. The van der Waals surface area contributed by atoms with Gasteiger partial charge in [-0.1, -0.05) is 6.58 Å². The molecule has 0 aromatic carbocycles. The first-order chi connectivity index (χ1) is 4.77. The first kappa shape index (κ1) is 15.8. The van der Waals surface area contributed by atoms with Gasteiger partial charge in [0.25, 0.3) is 0 Å². The lowest BCUT2D eigenvalue weighted by atomic mass is 10.8. The molecule has 0 saturated carbocycles. The smallest absolute Gasteiger partial charge is 0.307 e. The predicted octanol–water partition coefficient (Wildman–Crippen LogP) is 1.31. The van der Waals surface area contributed by atoms with Crippen LogP contribution in [0, 0.1) is 0 Å². The van der Waals surface area contributed by atoms with Crippen LogP contribution >= 0.6 is 0 Å². The fourth-order valence-corrected chi connectivity index (χ4v) is 0.117. The molecule has 0 radical (unpaired) electrons. The third-order valence-corrected chi connectivity index (χ3v) is 0.249. The minimum atomic E-state index is -0.329. The molecule has 0 aliphatic carbocycles. The molecule has 3 nitrogen and oxygen atoms in total. The van der Waals surface area contributed by atoms with Crippen molar-refractivity contribution >= 4 is 12.8 Å². The van der Waals surface area contributed by atoms with Crippen molar-refractivity contribution in [3.05, 3.63) is 26.0 Å². The van der Waals surface area contributed by atoms with Gasteiger partial charge in [0.15, 0.2) is 0 Å². The molecule has 0 rings (SSSR count). The van der Waals surface area contributed by atoms with Crippen LogP contribution in [0.5, 0.6) is 0 Å². The van der Waals surface area contributed by atoms with Gasteiger partial charge in [-0.2, -0.15) is 0 Å². The first-order valence-electron chi connectivity index (χ1n) is 2.34. The molecule has 0 atom stereocenters. The van der Waals surface area contributed by atoms with Gasteiger partial charge < -0.3 is 9.53 Å². The molecule has 0 bridgehead atoms. The van der Waals surface area contributed by atoms with Crippen LogP contribution in [0.3, 0.4) is 0 Å². The van der Waals surface area contributed by atoms with E-state index in [9.17, 15) is 4.79 Å². The van der Waals surface area contributed by atoms with Gasteiger partial charge in [-0.15, -0.1) is 13.2 Å². The molecule has 0 N–H and O–H groups in total. The average Bonchev–Trinajstić information content (AvgIpc) is 1.96. The Bertz CT molecular complexity index is 86.9. The van der Waals surface area contributed by atoms with Crippen LogP contribution in [-0.2, 0) is 14.3 Å². The Morgan fingerprint density at radius 3 is 1.70 bits per heavy atom. The van der Waals surface area contributed by atoms with Crippen LogP contribution in [0.25, 0.3) is 0 Å². The average molecular weight is 144 g/mol. The summed E-state index contributed by atoms with van der Waals surface area (Å²) in [6.07, 6.45) is 1.10. The van der Waals surface area contributed by atoms with E-state index in [2.05, 4.69) is 24.5 Å². The van der Waals surface area contributed by atoms with Gasteiger partial charge in [0.1, 0.15) is 6.79 Å². The minimum absolute atomic E-state index is 0.329. The highest BCUT2D eigenvalue weighted by molar-refractivity contribution is 5.66. The second kappa shape index (κ2) is 25.5. The Kier molecular flexibility index (Phi) is 40.4. The fourth-order valence-electron chi connectivity index (χ4n) is 0.117. The Balaban J connectivity index is -0.000000105. The molecule has 0 saturated heterocycles. The van der Waals surface area contributed by atoms with E-state index < -0.39 is 0 Å². The molecule has 0 heterocycles. The lowest BCUT2D eigenvalue weighted by Crippen LogP contribution is -1.87. The van der Waals surface area contributed by atoms with Crippen molar-refractivity contribution in [2.24, 2.45) is 0 Å². The monoisotopic (exact) mass is 144 g/mol. The zero-order valence-electron chi connectivity index (χ0n) is 6.13. The van der Waals surface area contributed by atoms with E-state index in [1.54, 1.807) is 0 Å². The van der Waals surface area contributed by atoms with Gasteiger partial charge in [0, 0.05) is 6.92 Å². The van der Waals surface area contributed by atoms with Gasteiger partial charge in [0.2, 0.25) is 0 Å². The van der Waals surface area contributed by atoms with Crippen molar-refractivity contribution in [3.63, 3.8) is 0 Å². The lowest BCUT2D eigenvalue weighted by Gasteiger charge is -1.83. The number of carbonyl (C=O) groups is 2. The van der Waals surface area contributed by atoms with Crippen LogP contribution in [0.1, 0.15) is 6.92 Å². The zero-order chi connectivity index (χ0) is 8.99. The van der Waals surface area contributed by atoms with E-state index in [1.165, 1.54) is 6.92 Å². The van der Waals surface area contributed by atoms with Crippen molar-refractivity contribution in [3.8, 4) is 0 Å². The maximum Gasteiger partial charge on any atom is 0.307 e. The van der Waals surface area contributed by atoms with Crippen LogP contribution in [0.4, 0.5) is 0 Å². The molecule has 58 valence electrons. The Morgan fingerprint density at radius 1 is 1.40 bits per heavy atom. The predicted molar refractivity (Wildman–Crippen MR) is 40.3 cm³/mol. The summed E-state index contributed by atoms with van der Waals surface area (Å²) >= 11 is 0. The summed E-state index contributed by atoms with van der Waals surface area (Å²) in [5.41, 5.74) is 0. The second-order valence-corrected chi connectivity index (χ2v) is 0.776. The van der Waals surface area contributed by atoms with Gasteiger partial charge in [-0.3, -0.25) is 4.79 Å². The molecular weight excluding hydrogens is 132 g/mol. The van der Waals surface area contributed by atoms with Crippen LogP contribution in [0.15, 0.2) is 26.0 Å². The van der Waals surface area contributed by atoms with Crippen molar-refractivity contribution in [1.82, 2.24) is 0 Å². The summed E-state index contributed by atoms with van der Waals surface area (Å²) in [5, 5.41) is 0. The SMILES string of the molecule is C=C.C=COC(C)=O.C=O. The van der Waals surface area contributed by atoms with Gasteiger partial charge in [0.05, 0.1) is 6.26 Å². The summed E-state index contributed by atoms with van der Waals surface area (Å²) in [4.78, 5) is 17.8. The first-order valence-corrected chi connectivity index (χ1v) is 2.34. The van der Waals surface area contributed by atoms with Crippen LogP contribution < -0.4 is 0 Å². The minimum Gasteiger partial charge on any atom is -0.435 e. The highest BCUT2D eigenvalue weighted by atomic mass is 16.5. The quantitative estimate of drug-likeness (QED) is 0.316. The fraction of sp³-hybridized carbons (Fsp3) is 0.143. The molecule has 3 heteroatoms. The molecule has 0 amide bonds. The molecule has 0 unspecified atom stereocenters. The number of ether oxygens (including phenoxy) is 1. The number of hydrogen-bond donors (Lipinski definition) is 0. The van der Waals surface area contributed by atoms with Crippen molar-refractivity contribution in [2.75, 3.05) is 0 Å². The summed E-state index contributed by atoms with van der Waals surface area (Å²) in [6, 6.07) is 0. The standard InChI is InChI=1S/C4H6O2.C2H4.CH2O/c1-3-6-4(2)5;2*1-2/h3H,1H2,2H3;1-2H2;1H2. The van der Waals surface area contributed by atoms with E-state index in [1.807, 2.05) is 6.79 Å². The van der Waals surface area contributed by atoms with Crippen molar-refractivity contribution in [1.29, 1.82) is 0 Å². The number of hydrogen-bond acceptors (Lipinski definition) is 3. The van der Waals surface area contributed by atoms with E-state index >= 15 is 0 Å². The summed E-state index contributed by atoms with van der Waals surface area (Å²) < 4.78 is 4.17. The van der Waals surface area contributed by atoms with E-state index in [0.29, 0.717) is 0 Å². The van der Waals surface area contributed by atoms with Gasteiger partial charge >= 0.3 is 5.97 Å². The summed E-state index contributed by atoms with van der Waals surface area (Å²) in [7, 11) is 0. The maximum atomic E-state index is 9.75. The van der Waals surface area contributed by atoms with Gasteiger partial charge in [-0.05, 0) is 0 Å². The molecular formula is C7H12O3. The topological polar surface area (TPSA) is 43.4 Å². The molecule has 0 aliphatic rings. The highest BCUT2D eigenvalue weighted by Gasteiger charge is 1.79. The number of carbonyl (C=O) groups excluding carboxylic acids is 2. The molecule has 0 spiro atoms. The van der Waals surface area contributed by atoms with Gasteiger partial charge in [-0.25, -0.2) is 0 Å². The van der Waals surface area contributed by atoms with E-state index in [4.69, 9.17) is 4.79 Å². The molecule has 10 heavy (non-hydrogen) atoms. The third-order valence-electron chi connectivity index (χ3n) is 0.249. The molecule has 0 aliphatic heterocycles.